The molecular formula is C16H21BrF3NO3S. The zero-order chi connectivity index (χ0) is 19.4. The fourth-order valence-corrected chi connectivity index (χ4v) is 3.29. The summed E-state index contributed by atoms with van der Waals surface area (Å²) in [6, 6.07) is 3.50. The Bertz CT molecular complexity index is 613. The van der Waals surface area contributed by atoms with Crippen LogP contribution in [0.25, 0.3) is 0 Å². The molecule has 1 unspecified atom stereocenters. The number of nitrogens with one attached hydrogen (secondary N) is 1. The molecule has 0 aliphatic carbocycles. The SMILES string of the molecule is CCOC(=O)CC(N[S@+]([O-])C(C)(C)C)(c1cc(Br)ccc1F)C(F)F. The molecule has 1 rings (SSSR count). The monoisotopic (exact) mass is 443 g/mol. The van der Waals surface area contributed by atoms with Crippen LogP contribution in [0.4, 0.5) is 13.2 Å². The van der Waals surface area contributed by atoms with Crippen molar-refractivity contribution in [3.8, 4) is 0 Å². The first kappa shape index (κ1) is 22.3. The van der Waals surface area contributed by atoms with Crippen LogP contribution in [0.5, 0.6) is 0 Å². The van der Waals surface area contributed by atoms with Gasteiger partial charge in [0.15, 0.2) is 5.54 Å². The van der Waals surface area contributed by atoms with Gasteiger partial charge in [-0.25, -0.2) is 13.2 Å². The van der Waals surface area contributed by atoms with Crippen molar-refractivity contribution < 1.29 is 27.3 Å². The van der Waals surface area contributed by atoms with Gasteiger partial charge in [-0.3, -0.25) is 4.79 Å². The molecule has 0 bridgehead atoms. The average molecular weight is 444 g/mol. The number of hydrogen-bond acceptors (Lipinski definition) is 4. The highest BCUT2D eigenvalue weighted by Crippen LogP contribution is 2.37. The molecule has 0 fully saturated rings. The Labute approximate surface area is 156 Å². The van der Waals surface area contributed by atoms with Crippen LogP contribution < -0.4 is 4.72 Å². The lowest BCUT2D eigenvalue weighted by molar-refractivity contribution is -0.147. The molecule has 0 amide bonds. The molecule has 0 heterocycles. The molecular weight excluding hydrogens is 423 g/mol. The van der Waals surface area contributed by atoms with Crippen molar-refractivity contribution in [2.24, 2.45) is 0 Å². The third-order valence-corrected chi connectivity index (χ3v) is 5.50. The molecule has 142 valence electrons. The quantitative estimate of drug-likeness (QED) is 0.509. The van der Waals surface area contributed by atoms with Crippen molar-refractivity contribution in [1.82, 2.24) is 4.72 Å². The number of rotatable bonds is 7. The topological polar surface area (TPSA) is 61.4 Å². The maximum atomic E-state index is 14.4. The van der Waals surface area contributed by atoms with Gasteiger partial charge in [-0.05, 0) is 45.9 Å². The summed E-state index contributed by atoms with van der Waals surface area (Å²) in [5, 5.41) is 0. The summed E-state index contributed by atoms with van der Waals surface area (Å²) in [6.07, 6.45) is -4.08. The molecule has 25 heavy (non-hydrogen) atoms. The molecule has 1 N–H and O–H groups in total. The van der Waals surface area contributed by atoms with Gasteiger partial charge >= 0.3 is 5.97 Å². The third-order valence-electron chi connectivity index (χ3n) is 3.34. The van der Waals surface area contributed by atoms with E-state index < -0.39 is 51.8 Å². The molecule has 1 aromatic rings. The Balaban J connectivity index is 3.50. The van der Waals surface area contributed by atoms with E-state index >= 15 is 0 Å². The van der Waals surface area contributed by atoms with E-state index in [9.17, 15) is 22.5 Å². The summed E-state index contributed by atoms with van der Waals surface area (Å²) < 4.78 is 61.6. The first-order valence-corrected chi connectivity index (χ1v) is 9.47. The summed E-state index contributed by atoms with van der Waals surface area (Å²) in [5.74, 6) is -1.88. The van der Waals surface area contributed by atoms with Gasteiger partial charge in [0.2, 0.25) is 0 Å². The lowest BCUT2D eigenvalue weighted by Gasteiger charge is -2.36. The number of hydrogen-bond donors (Lipinski definition) is 1. The largest absolute Gasteiger partial charge is 0.598 e. The van der Waals surface area contributed by atoms with Gasteiger partial charge in [0.05, 0.1) is 13.0 Å². The van der Waals surface area contributed by atoms with Crippen LogP contribution in [0.3, 0.4) is 0 Å². The van der Waals surface area contributed by atoms with E-state index in [-0.39, 0.29) is 6.61 Å². The zero-order valence-corrected chi connectivity index (χ0v) is 16.8. The van der Waals surface area contributed by atoms with Gasteiger partial charge in [0.1, 0.15) is 10.6 Å². The third kappa shape index (κ3) is 5.60. The van der Waals surface area contributed by atoms with E-state index in [0.717, 1.165) is 12.1 Å². The summed E-state index contributed by atoms with van der Waals surface area (Å²) in [7, 11) is 0. The number of halogens is 4. The maximum absolute atomic E-state index is 14.4. The smallest absolute Gasteiger partial charge is 0.308 e. The van der Waals surface area contributed by atoms with Crippen molar-refractivity contribution >= 4 is 33.3 Å². The molecule has 0 aliphatic heterocycles. The lowest BCUT2D eigenvalue weighted by atomic mass is 9.87. The van der Waals surface area contributed by atoms with Crippen LogP contribution in [-0.4, -0.2) is 28.3 Å². The van der Waals surface area contributed by atoms with Gasteiger partial charge in [-0.15, -0.1) is 4.72 Å². The second-order valence-corrected chi connectivity index (χ2v) is 9.24. The fourth-order valence-electron chi connectivity index (χ4n) is 2.02. The molecule has 0 saturated carbocycles. The van der Waals surface area contributed by atoms with Crippen LogP contribution in [-0.2, 0) is 26.4 Å². The highest BCUT2D eigenvalue weighted by atomic mass is 79.9. The lowest BCUT2D eigenvalue weighted by Crippen LogP contribution is -2.56. The molecule has 0 spiro atoms. The summed E-state index contributed by atoms with van der Waals surface area (Å²) >= 11 is 1.13. The van der Waals surface area contributed by atoms with Crippen LogP contribution >= 0.6 is 15.9 Å². The minimum absolute atomic E-state index is 0.0124. The van der Waals surface area contributed by atoms with E-state index in [2.05, 4.69) is 20.7 Å². The van der Waals surface area contributed by atoms with E-state index in [1.54, 1.807) is 20.8 Å². The second kappa shape index (κ2) is 8.75. The molecule has 0 radical (unpaired) electrons. The first-order valence-electron chi connectivity index (χ1n) is 7.53. The standard InChI is InChI=1S/C16H21BrF3NO3S/c1-5-24-13(22)9-16(14(19)20,21-25(23)15(2,3)4)11-8-10(17)6-7-12(11)18/h6-8,14,21H,5,9H2,1-4H3/t16?,25-/m1/s1. The molecule has 4 nitrogen and oxygen atoms in total. The van der Waals surface area contributed by atoms with Crippen LogP contribution in [0.15, 0.2) is 22.7 Å². The highest BCUT2D eigenvalue weighted by molar-refractivity contribution is 9.10. The number of benzene rings is 1. The number of alkyl halides is 2. The maximum Gasteiger partial charge on any atom is 0.308 e. The Morgan fingerprint density at radius 3 is 2.48 bits per heavy atom. The van der Waals surface area contributed by atoms with Crippen LogP contribution in [0.1, 0.15) is 39.7 Å². The van der Waals surface area contributed by atoms with Crippen LogP contribution in [0, 0.1) is 5.82 Å². The summed E-state index contributed by atoms with van der Waals surface area (Å²) in [6.45, 7) is 6.25. The van der Waals surface area contributed by atoms with Crippen LogP contribution in [0.2, 0.25) is 0 Å². The Hall–Kier alpha value is -0.770. The Morgan fingerprint density at radius 1 is 1.40 bits per heavy atom. The van der Waals surface area contributed by atoms with Crippen molar-refractivity contribution in [3.63, 3.8) is 0 Å². The minimum atomic E-state index is -3.22. The van der Waals surface area contributed by atoms with Crippen molar-refractivity contribution in [2.45, 2.75) is 50.8 Å². The minimum Gasteiger partial charge on any atom is -0.598 e. The molecule has 0 saturated heterocycles. The molecule has 1 aromatic carbocycles. The van der Waals surface area contributed by atoms with E-state index in [1.807, 2.05) is 0 Å². The average Bonchev–Trinajstić information content (AvgIpc) is 2.47. The van der Waals surface area contributed by atoms with E-state index in [1.165, 1.54) is 13.0 Å². The molecule has 9 heteroatoms. The van der Waals surface area contributed by atoms with Crippen molar-refractivity contribution in [1.29, 1.82) is 0 Å². The predicted molar refractivity (Wildman–Crippen MR) is 94.1 cm³/mol. The Kier molecular flexibility index (Phi) is 7.79. The zero-order valence-electron chi connectivity index (χ0n) is 14.4. The Morgan fingerprint density at radius 2 is 2.00 bits per heavy atom. The molecule has 2 atom stereocenters. The second-order valence-electron chi connectivity index (χ2n) is 6.36. The van der Waals surface area contributed by atoms with Gasteiger partial charge in [-0.2, -0.15) is 0 Å². The highest BCUT2D eigenvalue weighted by Gasteiger charge is 2.51. The van der Waals surface area contributed by atoms with E-state index in [0.29, 0.717) is 4.47 Å². The van der Waals surface area contributed by atoms with E-state index in [4.69, 9.17) is 4.74 Å². The van der Waals surface area contributed by atoms with Gasteiger partial charge in [0, 0.05) is 21.4 Å². The molecule has 0 aromatic heterocycles. The summed E-state index contributed by atoms with van der Waals surface area (Å²) in [4.78, 5) is 11.9. The first-order chi connectivity index (χ1) is 11.4. The molecule has 0 aliphatic rings. The van der Waals surface area contributed by atoms with Gasteiger partial charge in [-0.1, -0.05) is 15.9 Å². The predicted octanol–water partition coefficient (Wildman–Crippen LogP) is 4.05. The fraction of sp³-hybridized carbons (Fsp3) is 0.562. The van der Waals surface area contributed by atoms with Crippen molar-refractivity contribution in [3.05, 3.63) is 34.1 Å². The number of carbonyl (C=O) groups is 1. The van der Waals surface area contributed by atoms with Gasteiger partial charge in [0.25, 0.3) is 6.43 Å². The number of esters is 1. The van der Waals surface area contributed by atoms with Gasteiger partial charge < -0.3 is 9.29 Å². The number of ether oxygens (including phenoxy) is 1. The number of carbonyl (C=O) groups excluding carboxylic acids is 1. The normalized spacial score (nSPS) is 15.8. The summed E-state index contributed by atoms with van der Waals surface area (Å²) in [5.41, 5.74) is -2.94. The van der Waals surface area contributed by atoms with Crippen molar-refractivity contribution in [2.75, 3.05) is 6.61 Å².